The molecule has 0 aliphatic carbocycles. The van der Waals surface area contributed by atoms with Crippen molar-refractivity contribution in [3.63, 3.8) is 0 Å². The van der Waals surface area contributed by atoms with Gasteiger partial charge in [-0.15, -0.1) is 0 Å². The molecule has 2 aromatic rings. The van der Waals surface area contributed by atoms with Gasteiger partial charge in [0.2, 0.25) is 0 Å². The third-order valence-corrected chi connectivity index (χ3v) is 4.73. The fraction of sp³-hybridized carbons (Fsp3) is 0.235. The molecule has 0 fully saturated rings. The number of Topliss-reactive ketones (excluding diaryl/α,β-unsaturated/α-hetero) is 1. The molecule has 0 amide bonds. The van der Waals surface area contributed by atoms with E-state index in [1.54, 1.807) is 24.3 Å². The average Bonchev–Trinajstić information content (AvgIpc) is 2.99. The van der Waals surface area contributed by atoms with E-state index in [1.165, 1.54) is 12.1 Å². The van der Waals surface area contributed by atoms with Crippen LogP contribution in [0.25, 0.3) is 0 Å². The molecule has 1 heterocycles. The van der Waals surface area contributed by atoms with E-state index in [0.29, 0.717) is 17.9 Å². The lowest BCUT2D eigenvalue weighted by Gasteiger charge is -2.08. The van der Waals surface area contributed by atoms with Gasteiger partial charge in [0.05, 0.1) is 11.5 Å². The number of rotatable bonds is 5. The Hall–Kier alpha value is -2.34. The molecule has 5 nitrogen and oxygen atoms in total. The molecule has 0 unspecified atom stereocenters. The lowest BCUT2D eigenvalue weighted by Crippen LogP contribution is -2.12. The minimum Gasteiger partial charge on any atom is -0.493 e. The van der Waals surface area contributed by atoms with Gasteiger partial charge in [0.25, 0.3) is 0 Å². The van der Waals surface area contributed by atoms with Crippen molar-refractivity contribution in [3.05, 3.63) is 53.6 Å². The number of carbonyl (C=O) groups is 1. The number of ketones is 1. The number of hydrogen-bond acceptors (Lipinski definition) is 5. The van der Waals surface area contributed by atoms with Crippen molar-refractivity contribution >= 4 is 15.6 Å². The van der Waals surface area contributed by atoms with E-state index in [1.807, 2.05) is 6.07 Å². The van der Waals surface area contributed by atoms with E-state index in [2.05, 4.69) is 0 Å². The van der Waals surface area contributed by atoms with Gasteiger partial charge >= 0.3 is 0 Å². The molecule has 0 bridgehead atoms. The van der Waals surface area contributed by atoms with Gasteiger partial charge in [0.1, 0.15) is 11.5 Å². The minimum absolute atomic E-state index is 0.146. The zero-order chi connectivity index (χ0) is 16.4. The van der Waals surface area contributed by atoms with Crippen LogP contribution in [0.5, 0.6) is 11.5 Å². The fourth-order valence-corrected chi connectivity index (χ4v) is 3.04. The number of carbonyl (C=O) groups excluding carboxylic acids is 1. The van der Waals surface area contributed by atoms with E-state index in [4.69, 9.17) is 9.47 Å². The van der Waals surface area contributed by atoms with Crippen molar-refractivity contribution in [2.45, 2.75) is 11.3 Å². The Labute approximate surface area is 134 Å². The fourth-order valence-electron chi connectivity index (χ4n) is 2.39. The first-order chi connectivity index (χ1) is 10.9. The molecule has 0 N–H and O–H groups in total. The Bertz CT molecular complexity index is 855. The number of hydrogen-bond donors (Lipinski definition) is 0. The molecule has 0 atom stereocenters. The predicted molar refractivity (Wildman–Crippen MR) is 85.0 cm³/mol. The van der Waals surface area contributed by atoms with Crippen LogP contribution in [-0.4, -0.2) is 33.7 Å². The van der Waals surface area contributed by atoms with E-state index < -0.39 is 9.84 Å². The summed E-state index contributed by atoms with van der Waals surface area (Å²) in [6, 6.07) is 11.4. The lowest BCUT2D eigenvalue weighted by atomic mass is 10.1. The number of ether oxygens (including phenoxy) is 2. The summed E-state index contributed by atoms with van der Waals surface area (Å²) in [5, 5.41) is 0. The van der Waals surface area contributed by atoms with Crippen LogP contribution >= 0.6 is 0 Å². The molecule has 6 heteroatoms. The molecule has 1 aliphatic rings. The van der Waals surface area contributed by atoms with Crippen LogP contribution in [0.4, 0.5) is 0 Å². The minimum atomic E-state index is -3.30. The highest BCUT2D eigenvalue weighted by Gasteiger charge is 2.15. The summed E-state index contributed by atoms with van der Waals surface area (Å²) in [5.74, 6) is 1.01. The van der Waals surface area contributed by atoms with E-state index in [-0.39, 0.29) is 17.3 Å². The van der Waals surface area contributed by atoms with Crippen LogP contribution in [0.1, 0.15) is 15.9 Å². The highest BCUT2D eigenvalue weighted by molar-refractivity contribution is 7.90. The molecule has 120 valence electrons. The highest BCUT2D eigenvalue weighted by Crippen LogP contribution is 2.26. The maximum absolute atomic E-state index is 12.2. The first-order valence-corrected chi connectivity index (χ1v) is 9.04. The molecule has 1 aliphatic heterocycles. The van der Waals surface area contributed by atoms with Crippen LogP contribution in [0, 0.1) is 0 Å². The first-order valence-electron chi connectivity index (χ1n) is 7.15. The second-order valence-corrected chi connectivity index (χ2v) is 7.40. The Balaban J connectivity index is 1.70. The van der Waals surface area contributed by atoms with E-state index >= 15 is 0 Å². The number of benzene rings is 2. The molecule has 23 heavy (non-hydrogen) atoms. The van der Waals surface area contributed by atoms with E-state index in [9.17, 15) is 13.2 Å². The van der Waals surface area contributed by atoms with Gasteiger partial charge in [-0.1, -0.05) is 6.07 Å². The Morgan fingerprint density at radius 1 is 1.22 bits per heavy atom. The van der Waals surface area contributed by atoms with Gasteiger partial charge in [0.15, 0.2) is 22.2 Å². The normalized spacial score (nSPS) is 13.3. The average molecular weight is 332 g/mol. The summed E-state index contributed by atoms with van der Waals surface area (Å²) in [7, 11) is -3.30. The number of fused-ring (bicyclic) bond motifs is 1. The quantitative estimate of drug-likeness (QED) is 0.786. The van der Waals surface area contributed by atoms with Crippen molar-refractivity contribution in [1.82, 2.24) is 0 Å². The molecule has 0 aromatic heterocycles. The van der Waals surface area contributed by atoms with Gasteiger partial charge in [-0.2, -0.15) is 0 Å². The molecule has 2 aromatic carbocycles. The molecular weight excluding hydrogens is 316 g/mol. The molecule has 0 spiro atoms. The summed E-state index contributed by atoms with van der Waals surface area (Å²) in [5.41, 5.74) is 1.59. The number of sulfone groups is 1. The molecule has 0 saturated heterocycles. The third kappa shape index (κ3) is 3.53. The van der Waals surface area contributed by atoms with E-state index in [0.717, 1.165) is 24.0 Å². The SMILES string of the molecule is CS(=O)(=O)c1cccc(OCC(=O)c2ccc3c(c2)CCO3)c1. The summed E-state index contributed by atoms with van der Waals surface area (Å²) in [6.45, 7) is 0.495. The lowest BCUT2D eigenvalue weighted by molar-refractivity contribution is 0.0921. The Morgan fingerprint density at radius 2 is 2.04 bits per heavy atom. The summed E-state index contributed by atoms with van der Waals surface area (Å²) >= 11 is 0. The third-order valence-electron chi connectivity index (χ3n) is 3.62. The van der Waals surface area contributed by atoms with Crippen molar-refractivity contribution in [1.29, 1.82) is 0 Å². The maximum atomic E-state index is 12.2. The smallest absolute Gasteiger partial charge is 0.200 e. The predicted octanol–water partition coefficient (Wildman–Crippen LogP) is 2.29. The summed E-state index contributed by atoms with van der Waals surface area (Å²) < 4.78 is 33.9. The zero-order valence-corrected chi connectivity index (χ0v) is 13.4. The maximum Gasteiger partial charge on any atom is 0.200 e. The monoisotopic (exact) mass is 332 g/mol. The second-order valence-electron chi connectivity index (χ2n) is 5.38. The van der Waals surface area contributed by atoms with Crippen molar-refractivity contribution in [2.24, 2.45) is 0 Å². The van der Waals surface area contributed by atoms with Gasteiger partial charge < -0.3 is 9.47 Å². The van der Waals surface area contributed by atoms with Crippen LogP contribution in [0.3, 0.4) is 0 Å². The summed E-state index contributed by atoms with van der Waals surface area (Å²) in [6.07, 6.45) is 1.93. The largest absolute Gasteiger partial charge is 0.493 e. The van der Waals surface area contributed by atoms with Crippen molar-refractivity contribution in [2.75, 3.05) is 19.5 Å². The van der Waals surface area contributed by atoms with Crippen LogP contribution in [0.15, 0.2) is 47.4 Å². The van der Waals surface area contributed by atoms with Crippen molar-refractivity contribution < 1.29 is 22.7 Å². The summed E-state index contributed by atoms with van der Waals surface area (Å²) in [4.78, 5) is 12.4. The molecular formula is C17H16O5S. The van der Waals surface area contributed by atoms with Crippen LogP contribution in [0.2, 0.25) is 0 Å². The molecule has 0 saturated carbocycles. The van der Waals surface area contributed by atoms with Gasteiger partial charge in [-0.05, 0) is 42.0 Å². The Kier molecular flexibility index (Phi) is 4.09. The van der Waals surface area contributed by atoms with Gasteiger partial charge in [0, 0.05) is 18.2 Å². The van der Waals surface area contributed by atoms with Crippen LogP contribution in [-0.2, 0) is 16.3 Å². The second kappa shape index (κ2) is 6.04. The zero-order valence-electron chi connectivity index (χ0n) is 12.6. The molecule has 0 radical (unpaired) electrons. The van der Waals surface area contributed by atoms with Crippen molar-refractivity contribution in [3.8, 4) is 11.5 Å². The molecule has 3 rings (SSSR count). The first kappa shape index (κ1) is 15.6. The van der Waals surface area contributed by atoms with Gasteiger partial charge in [-0.3, -0.25) is 4.79 Å². The Morgan fingerprint density at radius 3 is 2.83 bits per heavy atom. The van der Waals surface area contributed by atoms with Gasteiger partial charge in [-0.25, -0.2) is 8.42 Å². The standard InChI is InChI=1S/C17H16O5S/c1-23(19,20)15-4-2-3-14(10-15)22-11-16(18)12-5-6-17-13(9-12)7-8-21-17/h2-6,9-10H,7-8,11H2,1H3. The highest BCUT2D eigenvalue weighted by atomic mass is 32.2. The topological polar surface area (TPSA) is 69.7 Å². The van der Waals surface area contributed by atoms with Crippen LogP contribution < -0.4 is 9.47 Å².